The molecule has 1 aromatic carbocycles. The van der Waals surface area contributed by atoms with E-state index in [-0.39, 0.29) is 0 Å². The molecule has 0 fully saturated rings. The Kier molecular flexibility index (Phi) is 4.61. The monoisotopic (exact) mass is 257 g/mol. The second kappa shape index (κ2) is 6.41. The number of nitrogens with zero attached hydrogens (tertiary/aromatic N) is 2. The van der Waals surface area contributed by atoms with Crippen molar-refractivity contribution in [2.45, 2.75) is 46.1 Å². The molecule has 19 heavy (non-hydrogen) atoms. The third-order valence-electron chi connectivity index (χ3n) is 3.33. The van der Waals surface area contributed by atoms with Gasteiger partial charge in [-0.05, 0) is 32.4 Å². The lowest BCUT2D eigenvalue weighted by Gasteiger charge is -2.16. The summed E-state index contributed by atoms with van der Waals surface area (Å²) in [4.78, 5) is 4.59. The van der Waals surface area contributed by atoms with Crippen molar-refractivity contribution in [3.63, 3.8) is 0 Å². The SMILES string of the molecule is CCCCC(C)n1cc(C)nc1Nc1ccccc1. The van der Waals surface area contributed by atoms with E-state index in [9.17, 15) is 0 Å². The molecule has 1 unspecified atom stereocenters. The van der Waals surface area contributed by atoms with Gasteiger partial charge in [-0.1, -0.05) is 38.0 Å². The number of hydrogen-bond donors (Lipinski definition) is 1. The quantitative estimate of drug-likeness (QED) is 0.813. The van der Waals surface area contributed by atoms with Crippen LogP contribution < -0.4 is 5.32 Å². The first kappa shape index (κ1) is 13.7. The van der Waals surface area contributed by atoms with E-state index in [2.05, 4.69) is 47.0 Å². The van der Waals surface area contributed by atoms with Crippen molar-refractivity contribution in [2.75, 3.05) is 5.32 Å². The normalized spacial score (nSPS) is 12.4. The molecule has 1 N–H and O–H groups in total. The molecule has 1 aromatic heterocycles. The van der Waals surface area contributed by atoms with E-state index in [0.717, 1.165) is 17.3 Å². The van der Waals surface area contributed by atoms with Crippen LogP contribution in [-0.2, 0) is 0 Å². The van der Waals surface area contributed by atoms with Gasteiger partial charge in [0, 0.05) is 17.9 Å². The highest BCUT2D eigenvalue weighted by Gasteiger charge is 2.11. The zero-order chi connectivity index (χ0) is 13.7. The van der Waals surface area contributed by atoms with Crippen LogP contribution in [0.25, 0.3) is 0 Å². The highest BCUT2D eigenvalue weighted by atomic mass is 15.2. The van der Waals surface area contributed by atoms with Crippen LogP contribution in [0, 0.1) is 6.92 Å². The minimum absolute atomic E-state index is 0.479. The molecule has 0 amide bonds. The summed E-state index contributed by atoms with van der Waals surface area (Å²) in [5.74, 6) is 0.937. The van der Waals surface area contributed by atoms with E-state index in [4.69, 9.17) is 0 Å². The first-order valence-corrected chi connectivity index (χ1v) is 7.08. The predicted molar refractivity (Wildman–Crippen MR) is 80.9 cm³/mol. The summed E-state index contributed by atoms with van der Waals surface area (Å²) in [5.41, 5.74) is 2.14. The molecule has 0 saturated heterocycles. The summed E-state index contributed by atoms with van der Waals surface area (Å²) in [6.45, 7) is 6.53. The van der Waals surface area contributed by atoms with Crippen molar-refractivity contribution in [1.82, 2.24) is 9.55 Å². The number of aryl methyl sites for hydroxylation is 1. The standard InChI is InChI=1S/C16H23N3/c1-4-5-9-14(3)19-12-13(2)17-16(19)18-15-10-7-6-8-11-15/h6-8,10-12,14H,4-5,9H2,1-3H3,(H,17,18). The van der Waals surface area contributed by atoms with Crippen molar-refractivity contribution < 1.29 is 0 Å². The van der Waals surface area contributed by atoms with Crippen molar-refractivity contribution in [3.8, 4) is 0 Å². The van der Waals surface area contributed by atoms with Gasteiger partial charge in [-0.2, -0.15) is 0 Å². The van der Waals surface area contributed by atoms with E-state index < -0.39 is 0 Å². The first-order chi connectivity index (χ1) is 9.20. The Morgan fingerprint density at radius 1 is 1.26 bits per heavy atom. The molecule has 2 aromatic rings. The molecule has 1 heterocycles. The maximum Gasteiger partial charge on any atom is 0.207 e. The molecule has 102 valence electrons. The van der Waals surface area contributed by atoms with E-state index in [1.807, 2.05) is 25.1 Å². The van der Waals surface area contributed by atoms with Crippen molar-refractivity contribution in [2.24, 2.45) is 0 Å². The molecule has 0 aliphatic carbocycles. The van der Waals surface area contributed by atoms with Gasteiger partial charge in [0.2, 0.25) is 5.95 Å². The fraction of sp³-hybridized carbons (Fsp3) is 0.438. The van der Waals surface area contributed by atoms with Crippen molar-refractivity contribution >= 4 is 11.6 Å². The van der Waals surface area contributed by atoms with Gasteiger partial charge in [0.1, 0.15) is 0 Å². The maximum atomic E-state index is 4.59. The van der Waals surface area contributed by atoms with Gasteiger partial charge in [-0.15, -0.1) is 0 Å². The Labute approximate surface area is 115 Å². The third-order valence-corrected chi connectivity index (χ3v) is 3.33. The number of rotatable bonds is 6. The lowest BCUT2D eigenvalue weighted by molar-refractivity contribution is 0.490. The largest absolute Gasteiger partial charge is 0.326 e. The number of hydrogen-bond acceptors (Lipinski definition) is 2. The Hall–Kier alpha value is -1.77. The molecule has 0 saturated carbocycles. The number of imidazole rings is 1. The number of benzene rings is 1. The Morgan fingerprint density at radius 3 is 2.68 bits per heavy atom. The summed E-state index contributed by atoms with van der Waals surface area (Å²) in [6, 6.07) is 10.7. The average Bonchev–Trinajstić information content (AvgIpc) is 2.78. The number of para-hydroxylation sites is 1. The Balaban J connectivity index is 2.16. The number of aromatic nitrogens is 2. The molecule has 3 nitrogen and oxygen atoms in total. The fourth-order valence-electron chi connectivity index (χ4n) is 2.23. The average molecular weight is 257 g/mol. The highest BCUT2D eigenvalue weighted by Crippen LogP contribution is 2.23. The van der Waals surface area contributed by atoms with Crippen LogP contribution in [0.5, 0.6) is 0 Å². The molecule has 2 rings (SSSR count). The van der Waals surface area contributed by atoms with Crippen LogP contribution in [0.3, 0.4) is 0 Å². The van der Waals surface area contributed by atoms with Crippen LogP contribution in [0.1, 0.15) is 44.8 Å². The van der Waals surface area contributed by atoms with E-state index >= 15 is 0 Å². The lowest BCUT2D eigenvalue weighted by atomic mass is 10.1. The van der Waals surface area contributed by atoms with Gasteiger partial charge in [-0.3, -0.25) is 0 Å². The third kappa shape index (κ3) is 3.60. The molecule has 1 atom stereocenters. The molecular formula is C16H23N3. The number of nitrogens with one attached hydrogen (secondary N) is 1. The van der Waals surface area contributed by atoms with Crippen molar-refractivity contribution in [3.05, 3.63) is 42.2 Å². The molecule has 0 spiro atoms. The smallest absolute Gasteiger partial charge is 0.207 e. The lowest BCUT2D eigenvalue weighted by Crippen LogP contribution is -2.08. The molecular weight excluding hydrogens is 234 g/mol. The topological polar surface area (TPSA) is 29.9 Å². The zero-order valence-electron chi connectivity index (χ0n) is 12.1. The van der Waals surface area contributed by atoms with Crippen LogP contribution in [0.2, 0.25) is 0 Å². The molecule has 0 aliphatic heterocycles. The van der Waals surface area contributed by atoms with Gasteiger partial charge in [0.05, 0.1) is 5.69 Å². The van der Waals surface area contributed by atoms with Gasteiger partial charge < -0.3 is 9.88 Å². The van der Waals surface area contributed by atoms with Gasteiger partial charge in [-0.25, -0.2) is 4.98 Å². The second-order valence-corrected chi connectivity index (χ2v) is 5.10. The van der Waals surface area contributed by atoms with Gasteiger partial charge >= 0.3 is 0 Å². The summed E-state index contributed by atoms with van der Waals surface area (Å²) in [7, 11) is 0. The molecule has 0 aliphatic rings. The maximum absolute atomic E-state index is 4.59. The van der Waals surface area contributed by atoms with Crippen molar-refractivity contribution in [1.29, 1.82) is 0 Å². The zero-order valence-corrected chi connectivity index (χ0v) is 12.1. The Bertz CT molecular complexity index is 502. The summed E-state index contributed by atoms with van der Waals surface area (Å²) < 4.78 is 2.25. The highest BCUT2D eigenvalue weighted by molar-refractivity contribution is 5.53. The summed E-state index contributed by atoms with van der Waals surface area (Å²) in [6.07, 6.45) is 5.81. The predicted octanol–water partition coefficient (Wildman–Crippen LogP) is 4.69. The van der Waals surface area contributed by atoms with E-state index in [0.29, 0.717) is 6.04 Å². The first-order valence-electron chi connectivity index (χ1n) is 7.08. The number of anilines is 2. The minimum atomic E-state index is 0.479. The van der Waals surface area contributed by atoms with Crippen LogP contribution >= 0.6 is 0 Å². The Morgan fingerprint density at radius 2 is 2.00 bits per heavy atom. The second-order valence-electron chi connectivity index (χ2n) is 5.10. The fourth-order valence-corrected chi connectivity index (χ4v) is 2.23. The number of unbranched alkanes of at least 4 members (excludes halogenated alkanes) is 1. The summed E-state index contributed by atoms with van der Waals surface area (Å²) >= 11 is 0. The van der Waals surface area contributed by atoms with Gasteiger partial charge in [0.15, 0.2) is 0 Å². The molecule has 0 bridgehead atoms. The molecule has 3 heteroatoms. The summed E-state index contributed by atoms with van der Waals surface area (Å²) in [5, 5.41) is 3.40. The minimum Gasteiger partial charge on any atom is -0.326 e. The van der Waals surface area contributed by atoms with Crippen LogP contribution in [0.4, 0.5) is 11.6 Å². The molecule has 0 radical (unpaired) electrons. The van der Waals surface area contributed by atoms with Crippen LogP contribution in [0.15, 0.2) is 36.5 Å². The van der Waals surface area contributed by atoms with Crippen LogP contribution in [-0.4, -0.2) is 9.55 Å². The van der Waals surface area contributed by atoms with E-state index in [1.54, 1.807) is 0 Å². The van der Waals surface area contributed by atoms with Gasteiger partial charge in [0.25, 0.3) is 0 Å². The van der Waals surface area contributed by atoms with E-state index in [1.165, 1.54) is 19.3 Å².